The Morgan fingerprint density at radius 2 is 1.80 bits per heavy atom. The van der Waals surface area contributed by atoms with Crippen LogP contribution in [0.3, 0.4) is 0 Å². The second-order valence-corrected chi connectivity index (χ2v) is 11.3. The molecule has 4 fully saturated rings. The predicted octanol–water partition coefficient (Wildman–Crippen LogP) is 5.62. The largest absolute Gasteiger partial charge is 0.468 e. The van der Waals surface area contributed by atoms with Crippen molar-refractivity contribution >= 4 is 11.9 Å². The minimum absolute atomic E-state index is 0.0657. The molecular formula is C26H38O4. The quantitative estimate of drug-likeness (QED) is 0.342. The normalized spacial score (nSPS) is 44.5. The minimum atomic E-state index is -0.805. The van der Waals surface area contributed by atoms with Crippen LogP contribution in [0.1, 0.15) is 79.1 Å². The number of rotatable bonds is 3. The van der Waals surface area contributed by atoms with Crippen LogP contribution in [0.25, 0.3) is 0 Å². The monoisotopic (exact) mass is 414 g/mol. The molecule has 0 amide bonds. The second-order valence-electron chi connectivity index (χ2n) is 11.3. The highest BCUT2D eigenvalue weighted by Gasteiger charge is 2.68. The summed E-state index contributed by atoms with van der Waals surface area (Å²) in [7, 11) is 1.46. The molecule has 0 radical (unpaired) electrons. The average molecular weight is 415 g/mol. The van der Waals surface area contributed by atoms with Crippen molar-refractivity contribution in [3.05, 3.63) is 23.8 Å². The molecule has 4 nitrogen and oxygen atoms in total. The molecule has 0 aromatic rings. The van der Waals surface area contributed by atoms with Crippen molar-refractivity contribution in [2.45, 2.75) is 85.2 Å². The number of hydrogen-bond acceptors (Lipinski definition) is 4. The maximum Gasteiger partial charge on any atom is 0.330 e. The maximum absolute atomic E-state index is 13.2. The van der Waals surface area contributed by atoms with Gasteiger partial charge in [-0.3, -0.25) is 4.79 Å². The summed E-state index contributed by atoms with van der Waals surface area (Å²) < 4.78 is 11.2. The first-order valence-corrected chi connectivity index (χ1v) is 11.7. The van der Waals surface area contributed by atoms with Gasteiger partial charge in [-0.05, 0) is 101 Å². The molecule has 0 aromatic carbocycles. The number of carbonyl (C=O) groups excluding carboxylic acids is 2. The highest BCUT2D eigenvalue weighted by molar-refractivity contribution is 5.84. The number of ether oxygens (including phenoxy) is 2. The van der Waals surface area contributed by atoms with Crippen LogP contribution in [-0.2, 0) is 19.1 Å². The third-order valence-electron chi connectivity index (χ3n) is 9.50. The number of fused-ring (bicyclic) bond motifs is 3. The summed E-state index contributed by atoms with van der Waals surface area (Å²) in [4.78, 5) is 25.7. The molecule has 7 atom stereocenters. The van der Waals surface area contributed by atoms with Gasteiger partial charge in [0.15, 0.2) is 0 Å². The molecule has 4 saturated carbocycles. The van der Waals surface area contributed by atoms with Crippen molar-refractivity contribution in [1.82, 2.24) is 0 Å². The van der Waals surface area contributed by atoms with Gasteiger partial charge in [0, 0.05) is 6.08 Å². The smallest absolute Gasteiger partial charge is 0.330 e. The topological polar surface area (TPSA) is 52.6 Å². The van der Waals surface area contributed by atoms with Gasteiger partial charge < -0.3 is 9.47 Å². The SMILES string of the molecule is C=C1C[C@@]23CC[C@H]4[C@@](C)(CC[C@H](OC(=O)C=C(C)C)[C@@]4(C)C(=O)OC)[C@@H]2CC[C@@H]1C3. The number of methoxy groups -OCH3 is 1. The summed E-state index contributed by atoms with van der Waals surface area (Å²) in [5.41, 5.74) is 1.99. The van der Waals surface area contributed by atoms with Gasteiger partial charge in [-0.1, -0.05) is 24.6 Å². The average Bonchev–Trinajstić information content (AvgIpc) is 2.91. The molecule has 4 aliphatic carbocycles. The standard InChI is InChI=1S/C26H38O4/c1-16(2)13-22(27)30-21-10-11-24(4)19(25(21,5)23(28)29-6)9-12-26-14-17(3)18(15-26)7-8-20(24)26/h13,18-21H,3,7-12,14-15H2,1-2,4-6H3/t18-,19+,20+,21+,24-,25+,26-/m1/s1. The van der Waals surface area contributed by atoms with E-state index >= 15 is 0 Å². The van der Waals surface area contributed by atoms with Gasteiger partial charge in [-0.25, -0.2) is 4.79 Å². The lowest BCUT2D eigenvalue weighted by Crippen LogP contribution is -2.63. The molecule has 1 spiro atoms. The van der Waals surface area contributed by atoms with E-state index in [0.717, 1.165) is 31.3 Å². The van der Waals surface area contributed by atoms with Gasteiger partial charge in [-0.2, -0.15) is 0 Å². The molecule has 0 aromatic heterocycles. The van der Waals surface area contributed by atoms with Gasteiger partial charge in [0.25, 0.3) is 0 Å². The Morgan fingerprint density at radius 3 is 2.47 bits per heavy atom. The van der Waals surface area contributed by atoms with Crippen LogP contribution in [0.5, 0.6) is 0 Å². The molecule has 0 aliphatic heterocycles. The summed E-state index contributed by atoms with van der Waals surface area (Å²) in [6.07, 6.45) is 9.87. The zero-order valence-corrected chi connectivity index (χ0v) is 19.4. The summed E-state index contributed by atoms with van der Waals surface area (Å²) in [5, 5.41) is 0. The summed E-state index contributed by atoms with van der Waals surface area (Å²) in [6.45, 7) is 12.6. The fourth-order valence-electron chi connectivity index (χ4n) is 8.33. The van der Waals surface area contributed by atoms with E-state index in [0.29, 0.717) is 17.3 Å². The first-order valence-electron chi connectivity index (χ1n) is 11.7. The lowest BCUT2D eigenvalue weighted by Gasteiger charge is -2.64. The fraction of sp³-hybridized carbons (Fsp3) is 0.769. The van der Waals surface area contributed by atoms with Gasteiger partial charge in [0.2, 0.25) is 0 Å². The van der Waals surface area contributed by atoms with Crippen LogP contribution in [0.2, 0.25) is 0 Å². The van der Waals surface area contributed by atoms with E-state index in [1.807, 2.05) is 20.8 Å². The van der Waals surface area contributed by atoms with E-state index in [-0.39, 0.29) is 23.3 Å². The summed E-state index contributed by atoms with van der Waals surface area (Å²) in [6, 6.07) is 0. The van der Waals surface area contributed by atoms with Gasteiger partial charge in [0.05, 0.1) is 7.11 Å². The van der Waals surface area contributed by atoms with E-state index < -0.39 is 11.5 Å². The molecule has 4 aliphatic rings. The first kappa shape index (κ1) is 21.6. The Balaban J connectivity index is 1.69. The second kappa shape index (κ2) is 7.24. The van der Waals surface area contributed by atoms with Crippen molar-refractivity contribution in [1.29, 1.82) is 0 Å². The summed E-state index contributed by atoms with van der Waals surface area (Å²) >= 11 is 0. The van der Waals surface area contributed by atoms with Crippen LogP contribution in [0.15, 0.2) is 23.8 Å². The third kappa shape index (κ3) is 3.00. The lowest BCUT2D eigenvalue weighted by atomic mass is 9.40. The molecule has 0 N–H and O–H groups in total. The van der Waals surface area contributed by atoms with Crippen LogP contribution in [-0.4, -0.2) is 25.2 Å². The van der Waals surface area contributed by atoms with Crippen LogP contribution < -0.4 is 0 Å². The van der Waals surface area contributed by atoms with Crippen molar-refractivity contribution in [3.63, 3.8) is 0 Å². The molecule has 0 heterocycles. The van der Waals surface area contributed by atoms with Crippen LogP contribution in [0, 0.1) is 34.0 Å². The Bertz CT molecular complexity index is 793. The Morgan fingerprint density at radius 1 is 1.07 bits per heavy atom. The molecule has 2 bridgehead atoms. The predicted molar refractivity (Wildman–Crippen MR) is 117 cm³/mol. The third-order valence-corrected chi connectivity index (χ3v) is 9.50. The number of hydrogen-bond donors (Lipinski definition) is 0. The van der Waals surface area contributed by atoms with E-state index in [1.54, 1.807) is 0 Å². The molecule has 0 saturated heterocycles. The van der Waals surface area contributed by atoms with Crippen LogP contribution >= 0.6 is 0 Å². The Hall–Kier alpha value is -1.58. The molecule has 30 heavy (non-hydrogen) atoms. The van der Waals surface area contributed by atoms with Crippen LogP contribution in [0.4, 0.5) is 0 Å². The fourth-order valence-corrected chi connectivity index (χ4v) is 8.33. The molecule has 166 valence electrons. The van der Waals surface area contributed by atoms with E-state index in [4.69, 9.17) is 9.47 Å². The van der Waals surface area contributed by atoms with Gasteiger partial charge in [0.1, 0.15) is 11.5 Å². The van der Waals surface area contributed by atoms with Crippen molar-refractivity contribution < 1.29 is 19.1 Å². The first-order chi connectivity index (χ1) is 14.1. The van der Waals surface area contributed by atoms with Crippen molar-refractivity contribution in [2.24, 2.45) is 34.0 Å². The zero-order chi connectivity index (χ0) is 21.9. The van der Waals surface area contributed by atoms with Gasteiger partial charge >= 0.3 is 11.9 Å². The number of carbonyl (C=O) groups is 2. The summed E-state index contributed by atoms with van der Waals surface area (Å²) in [5.74, 6) is 0.900. The molecular weight excluding hydrogens is 376 g/mol. The van der Waals surface area contributed by atoms with Gasteiger partial charge in [-0.15, -0.1) is 0 Å². The Kier molecular flexibility index (Phi) is 5.22. The van der Waals surface area contributed by atoms with E-state index in [9.17, 15) is 9.59 Å². The van der Waals surface area contributed by atoms with Crippen molar-refractivity contribution in [2.75, 3.05) is 7.11 Å². The maximum atomic E-state index is 13.2. The number of esters is 2. The molecule has 4 heteroatoms. The highest BCUT2D eigenvalue weighted by atomic mass is 16.6. The lowest BCUT2D eigenvalue weighted by molar-refractivity contribution is -0.213. The minimum Gasteiger partial charge on any atom is -0.468 e. The van der Waals surface area contributed by atoms with Crippen molar-refractivity contribution in [3.8, 4) is 0 Å². The Labute approximate surface area is 181 Å². The molecule has 4 rings (SSSR count). The zero-order valence-electron chi connectivity index (χ0n) is 19.4. The highest BCUT2D eigenvalue weighted by Crippen LogP contribution is 2.72. The van der Waals surface area contributed by atoms with E-state index in [2.05, 4.69) is 13.5 Å². The van der Waals surface area contributed by atoms with E-state index in [1.165, 1.54) is 44.4 Å². The molecule has 0 unspecified atom stereocenters. The number of allylic oxidation sites excluding steroid dienone is 2.